The fourth-order valence-electron chi connectivity index (χ4n) is 1.56. The van der Waals surface area contributed by atoms with Crippen LogP contribution in [0.5, 0.6) is 0 Å². The van der Waals surface area contributed by atoms with E-state index in [1.54, 1.807) is 18.0 Å². The first-order valence-electron chi connectivity index (χ1n) is 5.81. The lowest BCUT2D eigenvalue weighted by Gasteiger charge is -2.08. The van der Waals surface area contributed by atoms with Crippen LogP contribution in [-0.2, 0) is 17.5 Å². The summed E-state index contributed by atoms with van der Waals surface area (Å²) in [6.45, 7) is 1.07. The van der Waals surface area contributed by atoms with Crippen LogP contribution in [0.25, 0.3) is 0 Å². The molecule has 2 aromatic heterocycles. The Kier molecular flexibility index (Phi) is 4.23. The van der Waals surface area contributed by atoms with Crippen molar-refractivity contribution in [2.75, 3.05) is 19.0 Å². The molecule has 8 heteroatoms. The number of ether oxygens (including phenoxy) is 1. The van der Waals surface area contributed by atoms with E-state index < -0.39 is 11.7 Å². The van der Waals surface area contributed by atoms with Crippen LogP contribution in [0.15, 0.2) is 30.7 Å². The number of methoxy groups -OCH3 is 1. The molecule has 0 fully saturated rings. The van der Waals surface area contributed by atoms with E-state index in [-0.39, 0.29) is 5.82 Å². The summed E-state index contributed by atoms with van der Waals surface area (Å²) < 4.78 is 44.2. The molecule has 2 aromatic rings. The lowest BCUT2D eigenvalue weighted by molar-refractivity contribution is -0.137. The minimum atomic E-state index is -4.39. The molecule has 1 N–H and O–H groups in total. The summed E-state index contributed by atoms with van der Waals surface area (Å²) >= 11 is 0. The smallest absolute Gasteiger partial charge is 0.383 e. The largest absolute Gasteiger partial charge is 0.416 e. The minimum Gasteiger partial charge on any atom is -0.383 e. The highest BCUT2D eigenvalue weighted by Gasteiger charge is 2.30. The quantitative estimate of drug-likeness (QED) is 0.918. The molecule has 2 rings (SSSR count). The van der Waals surface area contributed by atoms with Crippen molar-refractivity contribution in [1.29, 1.82) is 0 Å². The predicted molar refractivity (Wildman–Crippen MR) is 66.6 cm³/mol. The summed E-state index contributed by atoms with van der Waals surface area (Å²) in [5, 5.41) is 6.82. The predicted octanol–water partition coefficient (Wildman–Crippen LogP) is 2.69. The molecular weight excluding hydrogens is 273 g/mol. The van der Waals surface area contributed by atoms with Gasteiger partial charge in [-0.15, -0.1) is 0 Å². The summed E-state index contributed by atoms with van der Waals surface area (Å²) in [5.74, 6) is 0.117. The molecule has 0 aromatic carbocycles. The third-order valence-electron chi connectivity index (χ3n) is 2.52. The van der Waals surface area contributed by atoms with Crippen LogP contribution in [0.4, 0.5) is 24.7 Å². The summed E-state index contributed by atoms with van der Waals surface area (Å²) in [6.07, 6.45) is -0.0961. The molecule has 0 aliphatic rings. The van der Waals surface area contributed by atoms with Crippen LogP contribution in [-0.4, -0.2) is 28.5 Å². The molecule has 0 aliphatic heterocycles. The molecule has 0 saturated heterocycles. The zero-order chi connectivity index (χ0) is 14.6. The zero-order valence-electron chi connectivity index (χ0n) is 10.7. The molecular formula is C12H13F3N4O. The highest BCUT2D eigenvalue weighted by molar-refractivity contribution is 5.54. The third-order valence-corrected chi connectivity index (χ3v) is 2.52. The van der Waals surface area contributed by atoms with Crippen LogP contribution >= 0.6 is 0 Å². The van der Waals surface area contributed by atoms with Crippen LogP contribution in [0.3, 0.4) is 0 Å². The lowest BCUT2D eigenvalue weighted by Crippen LogP contribution is -2.06. The first kappa shape index (κ1) is 14.3. The molecule has 108 valence electrons. The average Bonchev–Trinajstić information content (AvgIpc) is 2.83. The van der Waals surface area contributed by atoms with Gasteiger partial charge >= 0.3 is 6.18 Å². The van der Waals surface area contributed by atoms with E-state index in [1.807, 2.05) is 0 Å². The number of hydrogen-bond donors (Lipinski definition) is 1. The van der Waals surface area contributed by atoms with Crippen LogP contribution < -0.4 is 5.32 Å². The number of alkyl halides is 3. The van der Waals surface area contributed by atoms with Gasteiger partial charge in [-0.3, -0.25) is 4.68 Å². The molecule has 0 amide bonds. The Morgan fingerprint density at radius 3 is 2.90 bits per heavy atom. The number of nitrogens with one attached hydrogen (secondary N) is 1. The number of anilines is 2. The Morgan fingerprint density at radius 1 is 1.40 bits per heavy atom. The van der Waals surface area contributed by atoms with Gasteiger partial charge in [0.25, 0.3) is 0 Å². The Balaban J connectivity index is 2.08. The zero-order valence-corrected chi connectivity index (χ0v) is 10.7. The maximum Gasteiger partial charge on any atom is 0.416 e. The lowest BCUT2D eigenvalue weighted by atomic mass is 10.2. The van der Waals surface area contributed by atoms with Gasteiger partial charge in [0.05, 0.1) is 30.6 Å². The fraction of sp³-hybridized carbons (Fsp3) is 0.333. The minimum absolute atomic E-state index is 0.117. The summed E-state index contributed by atoms with van der Waals surface area (Å²) in [4.78, 5) is 3.85. The molecule has 0 aliphatic carbocycles. The molecule has 0 radical (unpaired) electrons. The van der Waals surface area contributed by atoms with Crippen LogP contribution in [0.1, 0.15) is 5.56 Å². The van der Waals surface area contributed by atoms with Crippen molar-refractivity contribution in [2.24, 2.45) is 0 Å². The van der Waals surface area contributed by atoms with Crippen molar-refractivity contribution in [1.82, 2.24) is 14.8 Å². The van der Waals surface area contributed by atoms with Gasteiger partial charge in [-0.05, 0) is 12.1 Å². The number of halogens is 3. The fourth-order valence-corrected chi connectivity index (χ4v) is 1.56. The second kappa shape index (κ2) is 5.91. The van der Waals surface area contributed by atoms with Gasteiger partial charge in [0, 0.05) is 19.5 Å². The third kappa shape index (κ3) is 3.70. The molecule has 0 saturated carbocycles. The Morgan fingerprint density at radius 2 is 2.20 bits per heavy atom. The van der Waals surface area contributed by atoms with Crippen molar-refractivity contribution >= 4 is 11.5 Å². The molecule has 0 bridgehead atoms. The molecule has 5 nitrogen and oxygen atoms in total. The Labute approximate surface area is 113 Å². The van der Waals surface area contributed by atoms with Gasteiger partial charge in [-0.2, -0.15) is 18.3 Å². The van der Waals surface area contributed by atoms with Gasteiger partial charge in [0.15, 0.2) is 0 Å². The maximum atomic E-state index is 12.6. The molecule has 0 spiro atoms. The van der Waals surface area contributed by atoms with E-state index in [0.717, 1.165) is 18.3 Å². The van der Waals surface area contributed by atoms with Crippen molar-refractivity contribution in [2.45, 2.75) is 12.7 Å². The topological polar surface area (TPSA) is 52.0 Å². The number of aromatic nitrogens is 3. The maximum absolute atomic E-state index is 12.6. The van der Waals surface area contributed by atoms with Crippen LogP contribution in [0.2, 0.25) is 0 Å². The second-order valence-electron chi connectivity index (χ2n) is 4.04. The van der Waals surface area contributed by atoms with E-state index in [2.05, 4.69) is 15.4 Å². The standard InChI is InChI=1S/C12H13F3N4O/c1-20-5-4-19-8-10(7-17-19)18-11-6-9(2-3-16-11)12(13,14)15/h2-3,6-8H,4-5H2,1H3,(H,16,18). The van der Waals surface area contributed by atoms with Gasteiger partial charge in [0.2, 0.25) is 0 Å². The average molecular weight is 286 g/mol. The first-order valence-corrected chi connectivity index (χ1v) is 5.81. The highest BCUT2D eigenvalue weighted by atomic mass is 19.4. The van der Waals surface area contributed by atoms with E-state index in [4.69, 9.17) is 4.74 Å². The van der Waals surface area contributed by atoms with E-state index in [1.165, 1.54) is 6.20 Å². The molecule has 20 heavy (non-hydrogen) atoms. The van der Waals surface area contributed by atoms with Crippen molar-refractivity contribution in [3.05, 3.63) is 36.3 Å². The Hall–Kier alpha value is -2.09. The first-order chi connectivity index (χ1) is 9.49. The van der Waals surface area contributed by atoms with Crippen LogP contribution in [0, 0.1) is 0 Å². The number of pyridine rings is 1. The number of rotatable bonds is 5. The second-order valence-corrected chi connectivity index (χ2v) is 4.04. The molecule has 2 heterocycles. The monoisotopic (exact) mass is 286 g/mol. The summed E-state index contributed by atoms with van der Waals surface area (Å²) in [5.41, 5.74) is -0.185. The normalized spacial score (nSPS) is 11.6. The van der Waals surface area contributed by atoms with Gasteiger partial charge in [-0.25, -0.2) is 4.98 Å². The van der Waals surface area contributed by atoms with Crippen molar-refractivity contribution in [3.8, 4) is 0 Å². The summed E-state index contributed by atoms with van der Waals surface area (Å²) in [6, 6.07) is 1.87. The number of nitrogens with zero attached hydrogens (tertiary/aromatic N) is 3. The van der Waals surface area contributed by atoms with Gasteiger partial charge in [-0.1, -0.05) is 0 Å². The van der Waals surface area contributed by atoms with E-state index in [0.29, 0.717) is 18.8 Å². The van der Waals surface area contributed by atoms with Gasteiger partial charge in [0.1, 0.15) is 5.82 Å². The number of hydrogen-bond acceptors (Lipinski definition) is 4. The van der Waals surface area contributed by atoms with Gasteiger partial charge < -0.3 is 10.1 Å². The Bertz CT molecular complexity index is 568. The SMILES string of the molecule is COCCn1cc(Nc2cc(C(F)(F)F)ccn2)cn1. The molecule has 0 unspecified atom stereocenters. The van der Waals surface area contributed by atoms with E-state index in [9.17, 15) is 13.2 Å². The summed E-state index contributed by atoms with van der Waals surface area (Å²) in [7, 11) is 1.58. The van der Waals surface area contributed by atoms with Crippen molar-refractivity contribution in [3.63, 3.8) is 0 Å². The van der Waals surface area contributed by atoms with Crippen molar-refractivity contribution < 1.29 is 17.9 Å². The van der Waals surface area contributed by atoms with E-state index >= 15 is 0 Å². The highest BCUT2D eigenvalue weighted by Crippen LogP contribution is 2.30. The molecule has 0 atom stereocenters.